The fourth-order valence-electron chi connectivity index (χ4n) is 2.19. The molecule has 5 heteroatoms. The van der Waals surface area contributed by atoms with E-state index in [0.29, 0.717) is 12.3 Å². The molecule has 98 valence electrons. The molecule has 1 saturated heterocycles. The van der Waals surface area contributed by atoms with Crippen LogP contribution in [-0.2, 0) is 4.79 Å². The number of carbonyl (C=O) groups is 1. The van der Waals surface area contributed by atoms with Gasteiger partial charge in [-0.1, -0.05) is 0 Å². The van der Waals surface area contributed by atoms with Crippen molar-refractivity contribution in [2.45, 2.75) is 25.7 Å². The fraction of sp³-hybridized carbons (Fsp3) is 0.538. The van der Waals surface area contributed by atoms with E-state index in [0.717, 1.165) is 29.7 Å². The van der Waals surface area contributed by atoms with Crippen LogP contribution in [0.2, 0.25) is 0 Å². The highest BCUT2D eigenvalue weighted by molar-refractivity contribution is 9.10. The summed E-state index contributed by atoms with van der Waals surface area (Å²) in [4.78, 5) is 15.8. The predicted molar refractivity (Wildman–Crippen MR) is 75.4 cm³/mol. The van der Waals surface area contributed by atoms with Crippen molar-refractivity contribution in [2.24, 2.45) is 5.92 Å². The number of aromatic nitrogens is 1. The molecule has 18 heavy (non-hydrogen) atoms. The summed E-state index contributed by atoms with van der Waals surface area (Å²) >= 11 is 3.37. The van der Waals surface area contributed by atoms with E-state index in [4.69, 9.17) is 0 Å². The molecule has 1 unspecified atom stereocenters. The van der Waals surface area contributed by atoms with Gasteiger partial charge in [-0.05, 0) is 60.3 Å². The summed E-state index contributed by atoms with van der Waals surface area (Å²) in [5, 5.41) is 6.27. The Morgan fingerprint density at radius 1 is 1.61 bits per heavy atom. The van der Waals surface area contributed by atoms with Gasteiger partial charge in [-0.25, -0.2) is 0 Å². The van der Waals surface area contributed by atoms with Gasteiger partial charge in [0.2, 0.25) is 5.91 Å². The Morgan fingerprint density at radius 3 is 3.22 bits per heavy atom. The van der Waals surface area contributed by atoms with Crippen LogP contribution in [0.25, 0.3) is 0 Å². The van der Waals surface area contributed by atoms with Gasteiger partial charge in [0.1, 0.15) is 0 Å². The third-order valence-electron chi connectivity index (χ3n) is 3.23. The zero-order chi connectivity index (χ0) is 12.8. The van der Waals surface area contributed by atoms with Gasteiger partial charge in [-0.2, -0.15) is 0 Å². The molecule has 2 rings (SSSR count). The third kappa shape index (κ3) is 4.07. The molecule has 1 aliphatic rings. The van der Waals surface area contributed by atoms with Crippen molar-refractivity contribution in [3.05, 3.63) is 22.9 Å². The monoisotopic (exact) mass is 311 g/mol. The lowest BCUT2D eigenvalue weighted by atomic mass is 9.94. The molecule has 1 aromatic heterocycles. The molecule has 2 N–H and O–H groups in total. The van der Waals surface area contributed by atoms with Crippen LogP contribution in [0.1, 0.15) is 25.7 Å². The summed E-state index contributed by atoms with van der Waals surface area (Å²) in [6, 6.07) is 1.80. The highest BCUT2D eigenvalue weighted by Crippen LogP contribution is 2.21. The number of pyridine rings is 1. The van der Waals surface area contributed by atoms with Crippen molar-refractivity contribution in [3.63, 3.8) is 0 Å². The number of rotatable bonds is 4. The molecule has 0 radical (unpaired) electrons. The smallest absolute Gasteiger partial charge is 0.224 e. The summed E-state index contributed by atoms with van der Waals surface area (Å²) in [6.45, 7) is 2.17. The molecule has 1 aromatic rings. The maximum absolute atomic E-state index is 11.8. The molecule has 4 nitrogen and oxygen atoms in total. The van der Waals surface area contributed by atoms with E-state index in [9.17, 15) is 4.79 Å². The second kappa shape index (κ2) is 6.85. The predicted octanol–water partition coefficient (Wildman–Crippen LogP) is 2.56. The summed E-state index contributed by atoms with van der Waals surface area (Å²) in [7, 11) is 0. The molecular formula is C13H18BrN3O. The number of nitrogens with zero attached hydrogens (tertiary/aromatic N) is 1. The lowest BCUT2D eigenvalue weighted by Crippen LogP contribution is -2.30. The number of hydrogen-bond acceptors (Lipinski definition) is 3. The second-order valence-corrected chi connectivity index (χ2v) is 5.51. The number of hydrogen-bond donors (Lipinski definition) is 2. The first-order chi connectivity index (χ1) is 8.75. The maximum atomic E-state index is 11.8. The quantitative estimate of drug-likeness (QED) is 0.898. The number of piperidine rings is 1. The summed E-state index contributed by atoms with van der Waals surface area (Å²) in [6.07, 6.45) is 7.36. The average molecular weight is 312 g/mol. The van der Waals surface area contributed by atoms with Gasteiger partial charge < -0.3 is 10.6 Å². The van der Waals surface area contributed by atoms with E-state index in [-0.39, 0.29) is 5.91 Å². The number of anilines is 1. The molecule has 1 aliphatic heterocycles. The fourth-order valence-corrected chi connectivity index (χ4v) is 2.54. The van der Waals surface area contributed by atoms with Crippen LogP contribution in [0.4, 0.5) is 5.69 Å². The Hall–Kier alpha value is -0.940. The molecule has 2 heterocycles. The molecule has 0 aliphatic carbocycles. The SMILES string of the molecule is O=C(CCC1CCCNC1)Nc1ccncc1Br. The van der Waals surface area contributed by atoms with Crippen LogP contribution in [0.5, 0.6) is 0 Å². The highest BCUT2D eigenvalue weighted by Gasteiger charge is 2.14. The molecule has 1 fully saturated rings. The van der Waals surface area contributed by atoms with E-state index in [2.05, 4.69) is 31.5 Å². The standard InChI is InChI=1S/C13H18BrN3O/c14-11-9-16-7-5-12(11)17-13(18)4-3-10-2-1-6-15-8-10/h5,7,9-10,15H,1-4,6,8H2,(H,16,17,18). The zero-order valence-corrected chi connectivity index (χ0v) is 11.9. The first kappa shape index (κ1) is 13.5. The average Bonchev–Trinajstić information content (AvgIpc) is 2.40. The minimum atomic E-state index is 0.0764. The number of carbonyl (C=O) groups excluding carboxylic acids is 1. The number of amides is 1. The highest BCUT2D eigenvalue weighted by atomic mass is 79.9. The normalized spacial score (nSPS) is 19.5. The van der Waals surface area contributed by atoms with E-state index < -0.39 is 0 Å². The lowest BCUT2D eigenvalue weighted by molar-refractivity contribution is -0.116. The lowest BCUT2D eigenvalue weighted by Gasteiger charge is -2.22. The Labute approximate surface area is 116 Å². The van der Waals surface area contributed by atoms with Crippen LogP contribution in [0, 0.1) is 5.92 Å². The van der Waals surface area contributed by atoms with Crippen molar-refractivity contribution in [3.8, 4) is 0 Å². The van der Waals surface area contributed by atoms with Crippen LogP contribution < -0.4 is 10.6 Å². The van der Waals surface area contributed by atoms with E-state index in [1.165, 1.54) is 12.8 Å². The molecule has 1 atom stereocenters. The third-order valence-corrected chi connectivity index (χ3v) is 3.86. The van der Waals surface area contributed by atoms with Gasteiger partial charge in [0.25, 0.3) is 0 Å². The summed E-state index contributed by atoms with van der Waals surface area (Å²) in [5.74, 6) is 0.720. The zero-order valence-electron chi connectivity index (χ0n) is 10.3. The van der Waals surface area contributed by atoms with Gasteiger partial charge >= 0.3 is 0 Å². The first-order valence-corrected chi connectivity index (χ1v) is 7.15. The largest absolute Gasteiger partial charge is 0.325 e. The van der Waals surface area contributed by atoms with Crippen LogP contribution >= 0.6 is 15.9 Å². The Kier molecular flexibility index (Phi) is 5.13. The van der Waals surface area contributed by atoms with Gasteiger partial charge in [0.15, 0.2) is 0 Å². The van der Waals surface area contributed by atoms with Crippen LogP contribution in [0.3, 0.4) is 0 Å². The Bertz CT molecular complexity index is 405. The Balaban J connectivity index is 1.76. The molecule has 0 bridgehead atoms. The van der Waals surface area contributed by atoms with E-state index in [1.54, 1.807) is 18.5 Å². The van der Waals surface area contributed by atoms with Gasteiger partial charge in [0.05, 0.1) is 10.2 Å². The molecule has 0 spiro atoms. The summed E-state index contributed by atoms with van der Waals surface area (Å²) in [5.41, 5.74) is 0.789. The molecule has 0 saturated carbocycles. The molecular weight excluding hydrogens is 294 g/mol. The first-order valence-electron chi connectivity index (χ1n) is 6.36. The van der Waals surface area contributed by atoms with Gasteiger partial charge in [0, 0.05) is 18.8 Å². The van der Waals surface area contributed by atoms with Gasteiger partial charge in [-0.15, -0.1) is 0 Å². The Morgan fingerprint density at radius 2 is 2.50 bits per heavy atom. The van der Waals surface area contributed by atoms with Crippen molar-refractivity contribution in [2.75, 3.05) is 18.4 Å². The van der Waals surface area contributed by atoms with Crippen LogP contribution in [-0.4, -0.2) is 24.0 Å². The van der Waals surface area contributed by atoms with Gasteiger partial charge in [-0.3, -0.25) is 9.78 Å². The number of halogens is 1. The number of nitrogens with one attached hydrogen (secondary N) is 2. The van der Waals surface area contributed by atoms with E-state index >= 15 is 0 Å². The topological polar surface area (TPSA) is 54.0 Å². The van der Waals surface area contributed by atoms with Crippen molar-refractivity contribution >= 4 is 27.5 Å². The molecule has 0 aromatic carbocycles. The minimum absolute atomic E-state index is 0.0764. The summed E-state index contributed by atoms with van der Waals surface area (Å²) < 4.78 is 0.817. The van der Waals surface area contributed by atoms with Crippen molar-refractivity contribution in [1.29, 1.82) is 0 Å². The minimum Gasteiger partial charge on any atom is -0.325 e. The maximum Gasteiger partial charge on any atom is 0.224 e. The van der Waals surface area contributed by atoms with Crippen LogP contribution in [0.15, 0.2) is 22.9 Å². The van der Waals surface area contributed by atoms with E-state index in [1.807, 2.05) is 0 Å². The molecule has 1 amide bonds. The van der Waals surface area contributed by atoms with Crippen molar-refractivity contribution in [1.82, 2.24) is 10.3 Å². The second-order valence-electron chi connectivity index (χ2n) is 4.65. The van der Waals surface area contributed by atoms with Crippen molar-refractivity contribution < 1.29 is 4.79 Å².